The number of hydrogen-bond acceptors (Lipinski definition) is 4. The van der Waals surface area contributed by atoms with Gasteiger partial charge in [-0.1, -0.05) is 60.7 Å². The Labute approximate surface area is 115 Å². The van der Waals surface area contributed by atoms with Gasteiger partial charge in [0.15, 0.2) is 0 Å². The minimum Gasteiger partial charge on any atom is -0.200 e. The molecule has 88 valence electrons. The Kier molecular flexibility index (Phi) is 3.48. The van der Waals surface area contributed by atoms with Gasteiger partial charge in [0, 0.05) is 35.0 Å². The van der Waals surface area contributed by atoms with E-state index in [1.807, 2.05) is 36.4 Å². The minimum atomic E-state index is 0.959. The molecular formula is C14H10N2S2. The first-order valence-corrected chi connectivity index (χ1v) is 7.09. The normalized spacial score (nSPS) is 14.9. The zero-order valence-electron chi connectivity index (χ0n) is 9.48. The zero-order chi connectivity index (χ0) is 12.2. The maximum atomic E-state index is 4.52. The van der Waals surface area contributed by atoms with Crippen LogP contribution < -0.4 is 0 Å². The van der Waals surface area contributed by atoms with Crippen LogP contribution in [0.15, 0.2) is 69.5 Å². The molecule has 1 aliphatic rings. The molecule has 0 unspecified atom stereocenters. The zero-order valence-corrected chi connectivity index (χ0v) is 11.1. The molecule has 0 aliphatic carbocycles. The molecule has 0 aromatic heterocycles. The van der Waals surface area contributed by atoms with Gasteiger partial charge < -0.3 is 0 Å². The molecule has 0 fully saturated rings. The van der Waals surface area contributed by atoms with Gasteiger partial charge in [-0.2, -0.15) is 0 Å². The lowest BCUT2D eigenvalue weighted by Crippen LogP contribution is -2.01. The first-order chi connectivity index (χ1) is 8.93. The molecule has 0 saturated carbocycles. The van der Waals surface area contributed by atoms with E-state index in [1.165, 1.54) is 23.9 Å². The summed E-state index contributed by atoms with van der Waals surface area (Å²) >= 11 is 2.87. The van der Waals surface area contributed by atoms with Crippen LogP contribution in [0.5, 0.6) is 0 Å². The maximum Gasteiger partial charge on any atom is 0.135 e. The van der Waals surface area contributed by atoms with Crippen molar-refractivity contribution in [3.63, 3.8) is 0 Å². The van der Waals surface area contributed by atoms with Crippen molar-refractivity contribution in [1.29, 1.82) is 0 Å². The van der Waals surface area contributed by atoms with Gasteiger partial charge in [0.25, 0.3) is 0 Å². The van der Waals surface area contributed by atoms with Gasteiger partial charge in [-0.25, -0.2) is 8.80 Å². The van der Waals surface area contributed by atoms with Crippen LogP contribution >= 0.6 is 23.9 Å². The van der Waals surface area contributed by atoms with Crippen molar-refractivity contribution in [1.82, 2.24) is 0 Å². The highest BCUT2D eigenvalue weighted by Gasteiger charge is 2.13. The highest BCUT2D eigenvalue weighted by atomic mass is 32.2. The highest BCUT2D eigenvalue weighted by molar-refractivity contribution is 8.20. The fraction of sp³-hybridized carbons (Fsp3) is 0. The third kappa shape index (κ3) is 2.49. The molecule has 0 atom stereocenters. The van der Waals surface area contributed by atoms with E-state index in [1.54, 1.807) is 0 Å². The van der Waals surface area contributed by atoms with Crippen LogP contribution in [0.1, 0.15) is 11.1 Å². The van der Waals surface area contributed by atoms with Crippen molar-refractivity contribution >= 4 is 34.0 Å². The summed E-state index contributed by atoms with van der Waals surface area (Å²) < 4.78 is 9.05. The summed E-state index contributed by atoms with van der Waals surface area (Å²) in [5.74, 6) is 0. The van der Waals surface area contributed by atoms with Crippen molar-refractivity contribution in [3.8, 4) is 0 Å². The maximum absolute atomic E-state index is 4.52. The Hall–Kier alpha value is -1.52. The van der Waals surface area contributed by atoms with Crippen LogP contribution in [-0.4, -0.2) is 10.1 Å². The highest BCUT2D eigenvalue weighted by Crippen LogP contribution is 2.28. The van der Waals surface area contributed by atoms with E-state index in [0.717, 1.165) is 21.2 Å². The monoisotopic (exact) mass is 270 g/mol. The molecule has 2 aromatic rings. The van der Waals surface area contributed by atoms with Gasteiger partial charge in [0.2, 0.25) is 0 Å². The first-order valence-electron chi connectivity index (χ1n) is 5.54. The Balaban J connectivity index is 1.79. The molecule has 4 heteroatoms. The second-order valence-electron chi connectivity index (χ2n) is 3.71. The van der Waals surface area contributed by atoms with Crippen LogP contribution in [0.4, 0.5) is 0 Å². The van der Waals surface area contributed by atoms with Crippen molar-refractivity contribution in [3.05, 3.63) is 71.8 Å². The second-order valence-corrected chi connectivity index (χ2v) is 5.21. The third-order valence-corrected chi connectivity index (χ3v) is 4.25. The van der Waals surface area contributed by atoms with Crippen molar-refractivity contribution in [2.45, 2.75) is 0 Å². The molecular weight excluding hydrogens is 260 g/mol. The van der Waals surface area contributed by atoms with Crippen LogP contribution in [-0.2, 0) is 0 Å². The van der Waals surface area contributed by atoms with Crippen LogP contribution in [0.25, 0.3) is 0 Å². The molecule has 0 spiro atoms. The average Bonchev–Trinajstić information content (AvgIpc) is 2.49. The van der Waals surface area contributed by atoms with Gasteiger partial charge >= 0.3 is 0 Å². The molecule has 3 rings (SSSR count). The van der Waals surface area contributed by atoms with Crippen molar-refractivity contribution < 1.29 is 0 Å². The van der Waals surface area contributed by atoms with Gasteiger partial charge in [-0.15, -0.1) is 0 Å². The molecule has 18 heavy (non-hydrogen) atoms. The number of rotatable bonds is 2. The van der Waals surface area contributed by atoms with E-state index < -0.39 is 0 Å². The smallest absolute Gasteiger partial charge is 0.135 e. The van der Waals surface area contributed by atoms with E-state index >= 15 is 0 Å². The lowest BCUT2D eigenvalue weighted by Gasteiger charge is -2.10. The largest absolute Gasteiger partial charge is 0.200 e. The SMILES string of the molecule is c1ccc(C2=NSC(c3ccccc3)=NS2)cc1. The van der Waals surface area contributed by atoms with Crippen molar-refractivity contribution in [2.75, 3.05) is 0 Å². The Morgan fingerprint density at radius 2 is 0.944 bits per heavy atom. The van der Waals surface area contributed by atoms with Gasteiger partial charge in [-0.3, -0.25) is 0 Å². The fourth-order valence-corrected chi connectivity index (χ4v) is 3.10. The standard InChI is InChI=1S/C14H10N2S2/c1-3-7-11(8-4-1)13-15-18-14(16-17-13)12-9-5-2-6-10-12/h1-10H. The number of hydrogen-bond donors (Lipinski definition) is 0. The van der Waals surface area contributed by atoms with E-state index in [4.69, 9.17) is 0 Å². The van der Waals surface area contributed by atoms with Crippen LogP contribution in [0.2, 0.25) is 0 Å². The topological polar surface area (TPSA) is 24.7 Å². The molecule has 2 nitrogen and oxygen atoms in total. The summed E-state index contributed by atoms with van der Waals surface area (Å²) in [5, 5.41) is 1.92. The molecule has 0 bridgehead atoms. The Morgan fingerprint density at radius 3 is 1.28 bits per heavy atom. The molecule has 1 aliphatic heterocycles. The summed E-state index contributed by atoms with van der Waals surface area (Å²) in [6, 6.07) is 20.3. The van der Waals surface area contributed by atoms with Gasteiger partial charge in [0.05, 0.1) is 0 Å². The van der Waals surface area contributed by atoms with Gasteiger partial charge in [0.1, 0.15) is 10.1 Å². The molecule has 0 amide bonds. The lowest BCUT2D eigenvalue weighted by molar-refractivity contribution is 1.64. The quantitative estimate of drug-likeness (QED) is 0.764. The molecule has 0 N–H and O–H groups in total. The summed E-state index contributed by atoms with van der Waals surface area (Å²) in [4.78, 5) is 0. The van der Waals surface area contributed by atoms with Crippen LogP contribution in [0.3, 0.4) is 0 Å². The lowest BCUT2D eigenvalue weighted by atomic mass is 10.2. The molecule has 0 saturated heterocycles. The number of nitrogens with zero attached hydrogens (tertiary/aromatic N) is 2. The van der Waals surface area contributed by atoms with Crippen LogP contribution in [0, 0.1) is 0 Å². The summed E-state index contributed by atoms with van der Waals surface area (Å²) in [6.45, 7) is 0. The Bertz CT molecular complexity index is 536. The second kappa shape index (κ2) is 5.42. The van der Waals surface area contributed by atoms with E-state index in [0.29, 0.717) is 0 Å². The molecule has 0 radical (unpaired) electrons. The first kappa shape index (κ1) is 11.6. The van der Waals surface area contributed by atoms with Gasteiger partial charge in [-0.05, 0) is 0 Å². The van der Waals surface area contributed by atoms with E-state index in [2.05, 4.69) is 33.1 Å². The fourth-order valence-electron chi connectivity index (χ4n) is 1.57. The Morgan fingerprint density at radius 1 is 0.556 bits per heavy atom. The molecule has 2 aromatic carbocycles. The average molecular weight is 270 g/mol. The van der Waals surface area contributed by atoms with E-state index in [9.17, 15) is 0 Å². The predicted molar refractivity (Wildman–Crippen MR) is 81.1 cm³/mol. The summed E-state index contributed by atoms with van der Waals surface area (Å²) in [6.07, 6.45) is 0. The summed E-state index contributed by atoms with van der Waals surface area (Å²) in [5.41, 5.74) is 2.23. The molecule has 1 heterocycles. The number of benzene rings is 2. The predicted octanol–water partition coefficient (Wildman–Crippen LogP) is 4.19. The van der Waals surface area contributed by atoms with Crippen molar-refractivity contribution in [2.24, 2.45) is 8.80 Å². The van der Waals surface area contributed by atoms with E-state index in [-0.39, 0.29) is 0 Å². The summed E-state index contributed by atoms with van der Waals surface area (Å²) in [7, 11) is 0. The third-order valence-electron chi connectivity index (χ3n) is 2.47. The minimum absolute atomic E-state index is 0.959.